The first kappa shape index (κ1) is 21.0. The van der Waals surface area contributed by atoms with Gasteiger partial charge in [-0.3, -0.25) is 9.59 Å². The van der Waals surface area contributed by atoms with Crippen molar-refractivity contribution >= 4 is 11.6 Å². The Morgan fingerprint density at radius 3 is 2.35 bits per heavy atom. The average Bonchev–Trinajstić information content (AvgIpc) is 3.59. The Morgan fingerprint density at radius 2 is 1.74 bits per heavy atom. The number of benzene rings is 1. The number of carbonyl (C=O) groups is 1. The molecule has 0 aromatic heterocycles. The first-order valence-corrected chi connectivity index (χ1v) is 10.5. The van der Waals surface area contributed by atoms with Crippen LogP contribution in [0.25, 0.3) is 11.1 Å². The molecule has 2 aliphatic carbocycles. The van der Waals surface area contributed by atoms with Crippen molar-refractivity contribution in [3.8, 4) is 28.4 Å². The van der Waals surface area contributed by atoms with Crippen LogP contribution in [0.2, 0.25) is 0 Å². The molecule has 2 aromatic carbocycles. The fraction of sp³-hybridized carbons (Fsp3) is 0.417. The summed E-state index contributed by atoms with van der Waals surface area (Å²) < 4.78 is 16.9. The molecular weight excluding hydrogens is 396 g/mol. The van der Waals surface area contributed by atoms with E-state index < -0.39 is 0 Å². The molecule has 7 heteroatoms. The van der Waals surface area contributed by atoms with Crippen LogP contribution in [-0.4, -0.2) is 33.3 Å². The average molecular weight is 424 g/mol. The van der Waals surface area contributed by atoms with Gasteiger partial charge in [0, 0.05) is 18.5 Å². The highest BCUT2D eigenvalue weighted by molar-refractivity contribution is 5.83. The van der Waals surface area contributed by atoms with Gasteiger partial charge in [-0.15, -0.1) is 0 Å². The highest BCUT2D eigenvalue weighted by atomic mass is 16.5. The monoisotopic (exact) mass is 424 g/mol. The van der Waals surface area contributed by atoms with E-state index in [9.17, 15) is 9.59 Å². The zero-order valence-electron chi connectivity index (χ0n) is 18.3. The predicted molar refractivity (Wildman–Crippen MR) is 119 cm³/mol. The molecule has 0 saturated heterocycles. The molecule has 2 aliphatic rings. The van der Waals surface area contributed by atoms with Crippen molar-refractivity contribution in [1.29, 1.82) is 0 Å². The lowest BCUT2D eigenvalue weighted by Crippen LogP contribution is -2.26. The van der Waals surface area contributed by atoms with Gasteiger partial charge in [0.15, 0.2) is 11.5 Å². The van der Waals surface area contributed by atoms with E-state index in [4.69, 9.17) is 14.2 Å². The number of carbonyl (C=O) groups excluding carboxylic acids is 1. The number of anilines is 1. The second-order valence-corrected chi connectivity index (χ2v) is 8.01. The van der Waals surface area contributed by atoms with Crippen LogP contribution in [0.4, 0.5) is 5.69 Å². The van der Waals surface area contributed by atoms with E-state index >= 15 is 0 Å². The highest BCUT2D eigenvalue weighted by Crippen LogP contribution is 2.50. The van der Waals surface area contributed by atoms with E-state index in [2.05, 4.69) is 10.6 Å². The summed E-state index contributed by atoms with van der Waals surface area (Å²) in [5.74, 6) is 1.49. The molecule has 2 aromatic rings. The molecule has 0 heterocycles. The highest BCUT2D eigenvalue weighted by Gasteiger charge is 2.30. The SMILES string of the molecule is COc1cc2c(c(OC)c1OC)-c1ccc(NC3CC3)c(=O)cc1C(NC(C)=O)CC2. The number of ether oxygens (including phenoxy) is 3. The Labute approximate surface area is 181 Å². The topological polar surface area (TPSA) is 85.9 Å². The zero-order valence-corrected chi connectivity index (χ0v) is 18.3. The summed E-state index contributed by atoms with van der Waals surface area (Å²) >= 11 is 0. The molecule has 1 atom stereocenters. The normalized spacial score (nSPS) is 17.0. The van der Waals surface area contributed by atoms with Crippen molar-refractivity contribution in [3.63, 3.8) is 0 Å². The van der Waals surface area contributed by atoms with Crippen LogP contribution in [0.5, 0.6) is 17.2 Å². The van der Waals surface area contributed by atoms with Crippen LogP contribution >= 0.6 is 0 Å². The van der Waals surface area contributed by atoms with Gasteiger partial charge in [-0.05, 0) is 60.6 Å². The van der Waals surface area contributed by atoms with Gasteiger partial charge in [0.2, 0.25) is 17.1 Å². The predicted octanol–water partition coefficient (Wildman–Crippen LogP) is 3.44. The van der Waals surface area contributed by atoms with E-state index in [1.807, 2.05) is 18.2 Å². The van der Waals surface area contributed by atoms with E-state index in [-0.39, 0.29) is 17.4 Å². The summed E-state index contributed by atoms with van der Waals surface area (Å²) in [6.45, 7) is 1.49. The van der Waals surface area contributed by atoms with Gasteiger partial charge in [-0.2, -0.15) is 0 Å². The second kappa shape index (κ2) is 8.49. The lowest BCUT2D eigenvalue weighted by atomic mass is 9.95. The minimum atomic E-state index is -0.296. The Bertz CT molecular complexity index is 1080. The van der Waals surface area contributed by atoms with E-state index in [0.29, 0.717) is 41.8 Å². The third-order valence-corrected chi connectivity index (χ3v) is 5.85. The van der Waals surface area contributed by atoms with Crippen LogP contribution in [-0.2, 0) is 11.2 Å². The summed E-state index contributed by atoms with van der Waals surface area (Å²) in [5, 5.41) is 6.34. The molecule has 2 N–H and O–H groups in total. The Balaban J connectivity index is 2.00. The Kier molecular flexibility index (Phi) is 5.76. The number of nitrogens with one attached hydrogen (secondary N) is 2. The van der Waals surface area contributed by atoms with Gasteiger partial charge in [-0.1, -0.05) is 6.07 Å². The van der Waals surface area contributed by atoms with Gasteiger partial charge < -0.3 is 24.8 Å². The van der Waals surface area contributed by atoms with Crippen molar-refractivity contribution in [3.05, 3.63) is 45.6 Å². The van der Waals surface area contributed by atoms with Gasteiger partial charge in [0.1, 0.15) is 0 Å². The Hall–Kier alpha value is -3.22. The third-order valence-electron chi connectivity index (χ3n) is 5.85. The molecule has 0 radical (unpaired) electrons. The molecule has 0 spiro atoms. The summed E-state index contributed by atoms with van der Waals surface area (Å²) in [5.41, 5.74) is 3.96. The molecule has 164 valence electrons. The maximum Gasteiger partial charge on any atom is 0.217 e. The smallest absolute Gasteiger partial charge is 0.217 e. The maximum absolute atomic E-state index is 13.0. The number of methoxy groups -OCH3 is 3. The standard InChI is InChI=1S/C24H28N2O5/c1-13(27)25-18-9-5-14-11-21(29-2)23(30-3)24(31-4)22(14)16-8-10-19(26-15-6-7-15)20(28)12-17(16)18/h8,10-12,15,18H,5-7,9H2,1-4H3,(H,25,27)(H,26,28). The molecule has 1 amide bonds. The lowest BCUT2D eigenvalue weighted by Gasteiger charge is -2.19. The minimum absolute atomic E-state index is 0.0913. The number of rotatable bonds is 6. The lowest BCUT2D eigenvalue weighted by molar-refractivity contribution is -0.119. The largest absolute Gasteiger partial charge is 0.493 e. The molecule has 1 fully saturated rings. The van der Waals surface area contributed by atoms with Gasteiger partial charge in [-0.25, -0.2) is 0 Å². The van der Waals surface area contributed by atoms with Crippen LogP contribution in [0.15, 0.2) is 29.1 Å². The number of aryl methyl sites for hydroxylation is 1. The van der Waals surface area contributed by atoms with Gasteiger partial charge >= 0.3 is 0 Å². The molecule has 0 bridgehead atoms. The van der Waals surface area contributed by atoms with Gasteiger partial charge in [0.05, 0.1) is 33.1 Å². The second-order valence-electron chi connectivity index (χ2n) is 8.01. The minimum Gasteiger partial charge on any atom is -0.493 e. The van der Waals surface area contributed by atoms with Crippen LogP contribution in [0.1, 0.15) is 43.4 Å². The van der Waals surface area contributed by atoms with Crippen LogP contribution < -0.4 is 30.3 Å². The third kappa shape index (κ3) is 4.04. The van der Waals surface area contributed by atoms with E-state index in [1.165, 1.54) is 6.92 Å². The number of hydrogen-bond donors (Lipinski definition) is 2. The van der Waals surface area contributed by atoms with E-state index in [1.54, 1.807) is 27.4 Å². The van der Waals surface area contributed by atoms with E-state index in [0.717, 1.165) is 35.1 Å². The number of hydrogen-bond acceptors (Lipinski definition) is 6. The molecule has 31 heavy (non-hydrogen) atoms. The fourth-order valence-electron chi connectivity index (χ4n) is 4.27. The molecule has 7 nitrogen and oxygen atoms in total. The number of fused-ring (bicyclic) bond motifs is 3. The van der Waals surface area contributed by atoms with Crippen molar-refractivity contribution < 1.29 is 19.0 Å². The molecule has 0 aliphatic heterocycles. The summed E-state index contributed by atoms with van der Waals surface area (Å²) in [6.07, 6.45) is 3.46. The quantitative estimate of drug-likeness (QED) is 0.739. The van der Waals surface area contributed by atoms with Crippen LogP contribution in [0, 0.1) is 0 Å². The summed E-state index contributed by atoms with van der Waals surface area (Å²) in [4.78, 5) is 25.0. The zero-order chi connectivity index (χ0) is 22.1. The van der Waals surface area contributed by atoms with Crippen molar-refractivity contribution in [1.82, 2.24) is 5.32 Å². The maximum atomic E-state index is 13.0. The molecular formula is C24H28N2O5. The van der Waals surface area contributed by atoms with Gasteiger partial charge in [0.25, 0.3) is 0 Å². The van der Waals surface area contributed by atoms with Crippen molar-refractivity contribution in [2.45, 2.75) is 44.7 Å². The van der Waals surface area contributed by atoms with Crippen molar-refractivity contribution in [2.24, 2.45) is 0 Å². The first-order valence-electron chi connectivity index (χ1n) is 10.5. The summed E-state index contributed by atoms with van der Waals surface area (Å²) in [6, 6.07) is 7.42. The number of amides is 1. The van der Waals surface area contributed by atoms with Crippen LogP contribution in [0.3, 0.4) is 0 Å². The summed E-state index contributed by atoms with van der Waals surface area (Å²) in [7, 11) is 4.76. The molecule has 4 rings (SSSR count). The molecule has 1 unspecified atom stereocenters. The Morgan fingerprint density at radius 1 is 1.00 bits per heavy atom. The molecule has 1 saturated carbocycles. The fourth-order valence-corrected chi connectivity index (χ4v) is 4.27. The first-order chi connectivity index (χ1) is 15.0. The van der Waals surface area contributed by atoms with Crippen molar-refractivity contribution in [2.75, 3.05) is 26.6 Å².